The molecular weight excluding hydrogens is 499 g/mol. The Bertz CT molecular complexity index is 1340. The van der Waals surface area contributed by atoms with E-state index in [1.807, 2.05) is 24.5 Å². The Kier molecular flexibility index (Phi) is 7.08. The number of rotatable bonds is 6. The van der Waals surface area contributed by atoms with Crippen LogP contribution < -0.4 is 9.47 Å². The fourth-order valence-corrected chi connectivity index (χ4v) is 5.02. The first-order valence-corrected chi connectivity index (χ1v) is 12.5. The molecule has 6 nitrogen and oxygen atoms in total. The van der Waals surface area contributed by atoms with Crippen molar-refractivity contribution < 1.29 is 19.0 Å². The Morgan fingerprint density at radius 3 is 2.47 bits per heavy atom. The molecule has 1 unspecified atom stereocenters. The number of ether oxygens (including phenoxy) is 3. The van der Waals surface area contributed by atoms with Gasteiger partial charge >= 0.3 is 5.97 Å². The summed E-state index contributed by atoms with van der Waals surface area (Å²) in [7, 11) is 3.30. The predicted octanol–water partition coefficient (Wildman–Crippen LogP) is 6.57. The van der Waals surface area contributed by atoms with E-state index in [9.17, 15) is 4.79 Å². The van der Waals surface area contributed by atoms with Crippen molar-refractivity contribution in [1.29, 1.82) is 0 Å². The van der Waals surface area contributed by atoms with E-state index in [0.29, 0.717) is 15.6 Å². The number of benzene rings is 3. The second kappa shape index (κ2) is 10.4. The van der Waals surface area contributed by atoms with Gasteiger partial charge in [0.15, 0.2) is 11.5 Å². The number of aliphatic imine (C=N–C) groups is 1. The molecule has 3 aromatic rings. The van der Waals surface area contributed by atoms with Crippen molar-refractivity contribution >= 4 is 41.2 Å². The van der Waals surface area contributed by atoms with Crippen LogP contribution in [0.4, 0.5) is 5.69 Å². The van der Waals surface area contributed by atoms with Gasteiger partial charge in [-0.15, -0.1) is 0 Å². The molecule has 1 atom stereocenters. The summed E-state index contributed by atoms with van der Waals surface area (Å²) in [5.41, 5.74) is 5.85. The SMILES string of the molecule is COc1cc2c(cc1OC)CN(/C=N/c1ccc3c(c1)C(OC(=O)c1ccc(Cl)c(Cl)c1)CC3)CC2. The van der Waals surface area contributed by atoms with Crippen molar-refractivity contribution in [3.8, 4) is 11.5 Å². The van der Waals surface area contributed by atoms with E-state index in [2.05, 4.69) is 17.0 Å². The lowest BCUT2D eigenvalue weighted by Gasteiger charge is -2.27. The predicted molar refractivity (Wildman–Crippen MR) is 141 cm³/mol. The molecule has 186 valence electrons. The lowest BCUT2D eigenvalue weighted by molar-refractivity contribution is 0.0301. The Labute approximate surface area is 220 Å². The fourth-order valence-electron chi connectivity index (χ4n) is 4.73. The van der Waals surface area contributed by atoms with Crippen LogP contribution >= 0.6 is 23.2 Å². The van der Waals surface area contributed by atoms with Gasteiger partial charge in [-0.05, 0) is 84.0 Å². The number of carbonyl (C=O) groups excluding carboxylic acids is 1. The molecule has 36 heavy (non-hydrogen) atoms. The van der Waals surface area contributed by atoms with Gasteiger partial charge < -0.3 is 19.1 Å². The second-order valence-electron chi connectivity index (χ2n) is 8.89. The number of halogens is 2. The van der Waals surface area contributed by atoms with Gasteiger partial charge in [0.25, 0.3) is 0 Å². The van der Waals surface area contributed by atoms with Crippen molar-refractivity contribution in [2.75, 3.05) is 20.8 Å². The molecule has 0 spiro atoms. The lowest BCUT2D eigenvalue weighted by atomic mass is 9.99. The third-order valence-electron chi connectivity index (χ3n) is 6.67. The molecule has 1 heterocycles. The zero-order valence-corrected chi connectivity index (χ0v) is 21.6. The number of hydrogen-bond donors (Lipinski definition) is 0. The maximum absolute atomic E-state index is 12.7. The standard InChI is InChI=1S/C28H26Cl2N2O4/c1-34-26-12-18-9-10-32(15-20(18)13-27(26)35-2)16-31-21-6-3-17-5-8-25(22(17)14-21)36-28(33)19-4-7-23(29)24(30)11-19/h3-4,6-7,11-14,16,25H,5,8-10,15H2,1-2H3/b31-16+. The van der Waals surface area contributed by atoms with Gasteiger partial charge in [0, 0.05) is 13.1 Å². The molecule has 5 rings (SSSR count). The van der Waals surface area contributed by atoms with Gasteiger partial charge in [0.2, 0.25) is 0 Å². The van der Waals surface area contributed by atoms with Crippen LogP contribution in [0.3, 0.4) is 0 Å². The lowest BCUT2D eigenvalue weighted by Crippen LogP contribution is -2.29. The van der Waals surface area contributed by atoms with E-state index < -0.39 is 5.97 Å². The minimum absolute atomic E-state index is 0.318. The topological polar surface area (TPSA) is 60.4 Å². The van der Waals surface area contributed by atoms with Crippen molar-refractivity contribution in [2.45, 2.75) is 31.9 Å². The van der Waals surface area contributed by atoms with E-state index in [4.69, 9.17) is 42.4 Å². The molecule has 0 bridgehead atoms. The number of aryl methyl sites for hydroxylation is 1. The van der Waals surface area contributed by atoms with Crippen molar-refractivity contribution in [3.05, 3.63) is 86.4 Å². The van der Waals surface area contributed by atoms with E-state index in [-0.39, 0.29) is 6.10 Å². The molecule has 0 fully saturated rings. The third-order valence-corrected chi connectivity index (χ3v) is 7.41. The molecule has 0 amide bonds. The summed E-state index contributed by atoms with van der Waals surface area (Å²) >= 11 is 12.0. The van der Waals surface area contributed by atoms with Crippen LogP contribution in [0.15, 0.2) is 53.5 Å². The minimum atomic E-state index is -0.417. The van der Waals surface area contributed by atoms with Gasteiger partial charge in [-0.2, -0.15) is 0 Å². The minimum Gasteiger partial charge on any atom is -0.493 e. The van der Waals surface area contributed by atoms with Gasteiger partial charge in [-0.3, -0.25) is 0 Å². The quantitative estimate of drug-likeness (QED) is 0.207. The summed E-state index contributed by atoms with van der Waals surface area (Å²) in [4.78, 5) is 19.6. The maximum Gasteiger partial charge on any atom is 0.338 e. The van der Waals surface area contributed by atoms with Crippen LogP contribution in [0, 0.1) is 0 Å². The number of hydrogen-bond acceptors (Lipinski definition) is 5. The summed E-state index contributed by atoms with van der Waals surface area (Å²) in [5, 5.41) is 0.727. The molecule has 0 N–H and O–H groups in total. The molecule has 0 aromatic heterocycles. The molecule has 8 heteroatoms. The van der Waals surface area contributed by atoms with Crippen LogP contribution in [0.1, 0.15) is 45.1 Å². The highest BCUT2D eigenvalue weighted by Gasteiger charge is 2.27. The zero-order valence-electron chi connectivity index (χ0n) is 20.1. The number of nitrogens with zero attached hydrogens (tertiary/aromatic N) is 2. The smallest absolute Gasteiger partial charge is 0.338 e. The average Bonchev–Trinajstić information content (AvgIpc) is 3.29. The number of carbonyl (C=O) groups is 1. The summed E-state index contributed by atoms with van der Waals surface area (Å²) in [5.74, 6) is 1.07. The fraction of sp³-hybridized carbons (Fsp3) is 0.286. The average molecular weight is 525 g/mol. The van der Waals surface area contributed by atoms with Gasteiger partial charge in [-0.1, -0.05) is 29.3 Å². The molecule has 1 aliphatic carbocycles. The van der Waals surface area contributed by atoms with E-state index >= 15 is 0 Å². The van der Waals surface area contributed by atoms with Gasteiger partial charge in [0.05, 0.1) is 41.9 Å². The number of fused-ring (bicyclic) bond motifs is 2. The van der Waals surface area contributed by atoms with E-state index in [1.165, 1.54) is 22.8 Å². The van der Waals surface area contributed by atoms with Crippen LogP contribution in [-0.2, 0) is 24.1 Å². The van der Waals surface area contributed by atoms with Gasteiger partial charge in [-0.25, -0.2) is 9.79 Å². The highest BCUT2D eigenvalue weighted by Crippen LogP contribution is 2.37. The van der Waals surface area contributed by atoms with Crippen molar-refractivity contribution in [1.82, 2.24) is 4.90 Å². The molecular formula is C28H26Cl2N2O4. The molecule has 2 aliphatic rings. The summed E-state index contributed by atoms with van der Waals surface area (Å²) in [6.07, 6.45) is 4.06. The number of methoxy groups -OCH3 is 2. The molecule has 0 radical (unpaired) electrons. The highest BCUT2D eigenvalue weighted by molar-refractivity contribution is 6.42. The van der Waals surface area contributed by atoms with Crippen LogP contribution in [0.2, 0.25) is 10.0 Å². The summed E-state index contributed by atoms with van der Waals surface area (Å²) in [6.45, 7) is 1.61. The Balaban J connectivity index is 1.28. The zero-order chi connectivity index (χ0) is 25.2. The van der Waals surface area contributed by atoms with E-state index in [0.717, 1.165) is 55.1 Å². The molecule has 0 saturated carbocycles. The van der Waals surface area contributed by atoms with Crippen molar-refractivity contribution in [2.24, 2.45) is 4.99 Å². The maximum atomic E-state index is 12.7. The first-order valence-electron chi connectivity index (χ1n) is 11.8. The second-order valence-corrected chi connectivity index (χ2v) is 9.70. The monoisotopic (exact) mass is 524 g/mol. The Hall–Kier alpha value is -3.22. The summed E-state index contributed by atoms with van der Waals surface area (Å²) in [6, 6.07) is 14.9. The summed E-state index contributed by atoms with van der Waals surface area (Å²) < 4.78 is 16.7. The van der Waals surface area contributed by atoms with Gasteiger partial charge in [0.1, 0.15) is 6.10 Å². The first-order chi connectivity index (χ1) is 17.4. The van der Waals surface area contributed by atoms with E-state index in [1.54, 1.807) is 26.4 Å². The van der Waals surface area contributed by atoms with Crippen LogP contribution in [0.25, 0.3) is 0 Å². The Morgan fingerprint density at radius 1 is 0.944 bits per heavy atom. The first kappa shape index (κ1) is 24.5. The molecule has 0 saturated heterocycles. The molecule has 3 aromatic carbocycles. The number of esters is 1. The highest BCUT2D eigenvalue weighted by atomic mass is 35.5. The van der Waals surface area contributed by atoms with Crippen LogP contribution in [0.5, 0.6) is 11.5 Å². The normalized spacial score (nSPS) is 16.6. The largest absolute Gasteiger partial charge is 0.493 e. The molecule has 1 aliphatic heterocycles. The van der Waals surface area contributed by atoms with Crippen LogP contribution in [-0.4, -0.2) is 38.0 Å². The van der Waals surface area contributed by atoms with Crippen molar-refractivity contribution in [3.63, 3.8) is 0 Å². The Morgan fingerprint density at radius 2 is 1.72 bits per heavy atom. The third kappa shape index (κ3) is 5.01.